The lowest BCUT2D eigenvalue weighted by molar-refractivity contribution is 0.0723. The van der Waals surface area contributed by atoms with Gasteiger partial charge in [0, 0.05) is 43.6 Å². The van der Waals surface area contributed by atoms with Gasteiger partial charge in [-0.15, -0.1) is 0 Å². The van der Waals surface area contributed by atoms with Crippen LogP contribution >= 0.6 is 0 Å². The molecule has 0 amide bonds. The number of hydrogen-bond donors (Lipinski definition) is 2. The van der Waals surface area contributed by atoms with Crippen molar-refractivity contribution in [1.29, 1.82) is 0 Å². The quantitative estimate of drug-likeness (QED) is 0.655. The van der Waals surface area contributed by atoms with E-state index in [4.69, 9.17) is 4.74 Å². The molecule has 4 rings (SSSR count). The maximum atomic E-state index is 11.9. The molecule has 1 saturated heterocycles. The predicted octanol–water partition coefficient (Wildman–Crippen LogP) is 3.81. The predicted molar refractivity (Wildman–Crippen MR) is 121 cm³/mol. The lowest BCUT2D eigenvalue weighted by Gasteiger charge is -2.32. The number of rotatable bonds is 6. The first kappa shape index (κ1) is 20.4. The Bertz CT molecular complexity index is 969. The number of hydrogen-bond acceptors (Lipinski definition) is 5. The molecule has 156 valence electrons. The van der Waals surface area contributed by atoms with Gasteiger partial charge in [-0.3, -0.25) is 4.98 Å². The first-order valence-electron chi connectivity index (χ1n) is 10.5. The van der Waals surface area contributed by atoms with Crippen molar-refractivity contribution in [2.75, 3.05) is 38.2 Å². The highest BCUT2D eigenvalue weighted by Gasteiger charge is 2.35. The summed E-state index contributed by atoms with van der Waals surface area (Å²) in [6.45, 7) is 5.96. The van der Waals surface area contributed by atoms with Crippen LogP contribution in [0.15, 0.2) is 66.9 Å². The molecule has 0 bridgehead atoms. The maximum absolute atomic E-state index is 11.9. The van der Waals surface area contributed by atoms with Crippen LogP contribution in [0.5, 0.6) is 5.75 Å². The van der Waals surface area contributed by atoms with Gasteiger partial charge in [0.2, 0.25) is 0 Å². The summed E-state index contributed by atoms with van der Waals surface area (Å²) in [6, 6.07) is 20.1. The number of pyridine rings is 1. The van der Waals surface area contributed by atoms with Crippen molar-refractivity contribution in [3.8, 4) is 16.9 Å². The second-order valence-electron chi connectivity index (χ2n) is 7.60. The van der Waals surface area contributed by atoms with Crippen molar-refractivity contribution in [3.63, 3.8) is 0 Å². The molecule has 30 heavy (non-hydrogen) atoms. The Morgan fingerprint density at radius 1 is 1.03 bits per heavy atom. The molecule has 3 aromatic rings. The van der Waals surface area contributed by atoms with E-state index in [0.717, 1.165) is 42.9 Å². The molecular weight excluding hydrogens is 374 g/mol. The fourth-order valence-corrected chi connectivity index (χ4v) is 4.19. The number of piperazine rings is 1. The summed E-state index contributed by atoms with van der Waals surface area (Å²) in [5.41, 5.74) is 3.22. The SMILES string of the molecule is CCC(O)(c1ccc(N2CCNCC2)cc1)c1nccc(OC)c1-c1ccccc1. The van der Waals surface area contributed by atoms with Gasteiger partial charge in [0.25, 0.3) is 0 Å². The number of anilines is 1. The van der Waals surface area contributed by atoms with Crippen molar-refractivity contribution >= 4 is 5.69 Å². The Hall–Kier alpha value is -2.89. The molecule has 2 aromatic carbocycles. The Labute approximate surface area is 178 Å². The summed E-state index contributed by atoms with van der Waals surface area (Å²) in [6.07, 6.45) is 2.20. The van der Waals surface area contributed by atoms with Crippen LogP contribution in [0.3, 0.4) is 0 Å². The number of nitrogens with zero attached hydrogens (tertiary/aromatic N) is 2. The van der Waals surface area contributed by atoms with Crippen molar-refractivity contribution in [1.82, 2.24) is 10.3 Å². The minimum absolute atomic E-state index is 0.500. The van der Waals surface area contributed by atoms with Crippen LogP contribution in [0.25, 0.3) is 11.1 Å². The van der Waals surface area contributed by atoms with E-state index >= 15 is 0 Å². The van der Waals surface area contributed by atoms with Crippen molar-refractivity contribution < 1.29 is 9.84 Å². The molecule has 1 aliphatic rings. The second kappa shape index (κ2) is 8.86. The van der Waals surface area contributed by atoms with Gasteiger partial charge in [-0.25, -0.2) is 0 Å². The van der Waals surface area contributed by atoms with Crippen molar-refractivity contribution in [2.45, 2.75) is 18.9 Å². The molecule has 1 aromatic heterocycles. The molecule has 0 radical (unpaired) electrons. The Morgan fingerprint density at radius 3 is 2.37 bits per heavy atom. The lowest BCUT2D eigenvalue weighted by Crippen LogP contribution is -2.43. The van der Waals surface area contributed by atoms with E-state index in [1.165, 1.54) is 5.69 Å². The average Bonchev–Trinajstić information content (AvgIpc) is 2.84. The van der Waals surface area contributed by atoms with E-state index < -0.39 is 5.60 Å². The molecule has 1 aliphatic heterocycles. The number of methoxy groups -OCH3 is 1. The van der Waals surface area contributed by atoms with Gasteiger partial charge in [0.05, 0.1) is 12.8 Å². The molecular formula is C25H29N3O2. The highest BCUT2D eigenvalue weighted by Crippen LogP contribution is 2.42. The Kier molecular flexibility index (Phi) is 6.02. The van der Waals surface area contributed by atoms with Gasteiger partial charge >= 0.3 is 0 Å². The molecule has 1 unspecified atom stereocenters. The fraction of sp³-hybridized carbons (Fsp3) is 0.320. The van der Waals surface area contributed by atoms with Crippen LogP contribution in [0.1, 0.15) is 24.6 Å². The van der Waals surface area contributed by atoms with Crippen LogP contribution in [0.2, 0.25) is 0 Å². The highest BCUT2D eigenvalue weighted by molar-refractivity contribution is 5.74. The minimum atomic E-state index is -1.22. The monoisotopic (exact) mass is 403 g/mol. The standard InChI is InChI=1S/C25H29N3O2/c1-3-25(29,20-9-11-21(12-10-20)28-17-15-26-16-18-28)24-23(19-7-5-4-6-8-19)22(30-2)13-14-27-24/h4-14,26,29H,3,15-18H2,1-2H3. The Balaban J connectivity index is 1.78. The average molecular weight is 404 g/mol. The first-order valence-corrected chi connectivity index (χ1v) is 10.5. The van der Waals surface area contributed by atoms with Gasteiger partial charge in [-0.2, -0.15) is 0 Å². The first-order chi connectivity index (χ1) is 14.7. The maximum Gasteiger partial charge on any atom is 0.132 e. The summed E-state index contributed by atoms with van der Waals surface area (Å²) in [7, 11) is 1.65. The zero-order valence-electron chi connectivity index (χ0n) is 17.6. The highest BCUT2D eigenvalue weighted by atomic mass is 16.5. The summed E-state index contributed by atoms with van der Waals surface area (Å²) in [4.78, 5) is 7.01. The van der Waals surface area contributed by atoms with Crippen LogP contribution in [-0.2, 0) is 5.60 Å². The van der Waals surface area contributed by atoms with Crippen LogP contribution < -0.4 is 15.0 Å². The second-order valence-corrected chi connectivity index (χ2v) is 7.60. The fourth-order valence-electron chi connectivity index (χ4n) is 4.19. The zero-order valence-corrected chi connectivity index (χ0v) is 17.6. The molecule has 0 aliphatic carbocycles. The van der Waals surface area contributed by atoms with E-state index in [-0.39, 0.29) is 0 Å². The third-order valence-electron chi connectivity index (χ3n) is 5.93. The molecule has 5 nitrogen and oxygen atoms in total. The van der Waals surface area contributed by atoms with Crippen LogP contribution in [-0.4, -0.2) is 43.4 Å². The third kappa shape index (κ3) is 3.78. The van der Waals surface area contributed by atoms with E-state index in [1.54, 1.807) is 13.3 Å². The van der Waals surface area contributed by atoms with E-state index in [0.29, 0.717) is 17.9 Å². The molecule has 1 atom stereocenters. The van der Waals surface area contributed by atoms with Crippen LogP contribution in [0.4, 0.5) is 5.69 Å². The summed E-state index contributed by atoms with van der Waals surface area (Å²) < 4.78 is 5.65. The van der Waals surface area contributed by atoms with Gasteiger partial charge < -0.3 is 20.1 Å². The third-order valence-corrected chi connectivity index (χ3v) is 5.93. The smallest absolute Gasteiger partial charge is 0.132 e. The molecule has 0 spiro atoms. The number of nitrogens with one attached hydrogen (secondary N) is 1. The molecule has 2 heterocycles. The van der Waals surface area contributed by atoms with Crippen molar-refractivity contribution in [3.05, 3.63) is 78.1 Å². The molecule has 0 saturated carbocycles. The Morgan fingerprint density at radius 2 is 1.73 bits per heavy atom. The van der Waals surface area contributed by atoms with Gasteiger partial charge in [0.1, 0.15) is 11.4 Å². The van der Waals surface area contributed by atoms with E-state index in [9.17, 15) is 5.11 Å². The largest absolute Gasteiger partial charge is 0.496 e. The number of aromatic nitrogens is 1. The summed E-state index contributed by atoms with van der Waals surface area (Å²) >= 11 is 0. The number of benzene rings is 2. The molecule has 2 N–H and O–H groups in total. The van der Waals surface area contributed by atoms with Gasteiger partial charge in [-0.05, 0) is 35.7 Å². The summed E-state index contributed by atoms with van der Waals surface area (Å²) in [5, 5.41) is 15.3. The minimum Gasteiger partial charge on any atom is -0.496 e. The number of ether oxygens (including phenoxy) is 1. The van der Waals surface area contributed by atoms with Gasteiger partial charge in [-0.1, -0.05) is 49.4 Å². The number of aliphatic hydroxyl groups is 1. The van der Waals surface area contributed by atoms with E-state index in [2.05, 4.69) is 27.3 Å². The molecule has 1 fully saturated rings. The summed E-state index contributed by atoms with van der Waals surface area (Å²) in [5.74, 6) is 0.704. The zero-order chi connectivity index (χ0) is 21.0. The van der Waals surface area contributed by atoms with Crippen LogP contribution in [0, 0.1) is 0 Å². The van der Waals surface area contributed by atoms with E-state index in [1.807, 2.05) is 55.5 Å². The molecule has 5 heteroatoms. The topological polar surface area (TPSA) is 57.6 Å². The lowest BCUT2D eigenvalue weighted by atomic mass is 9.83. The van der Waals surface area contributed by atoms with Crippen molar-refractivity contribution in [2.24, 2.45) is 0 Å². The van der Waals surface area contributed by atoms with Gasteiger partial charge in [0.15, 0.2) is 0 Å². The normalized spacial score (nSPS) is 16.2.